The Morgan fingerprint density at radius 3 is 2.95 bits per heavy atom. The molecule has 2 aromatic heterocycles. The van der Waals surface area contributed by atoms with Gasteiger partial charge in [-0.15, -0.1) is 11.3 Å². The van der Waals surface area contributed by atoms with E-state index >= 15 is 0 Å². The van der Waals surface area contributed by atoms with E-state index in [-0.39, 0.29) is 17.9 Å². The number of carbonyl (C=O) groups excluding carboxylic acids is 1. The Bertz CT molecular complexity index is 573. The lowest BCUT2D eigenvalue weighted by Crippen LogP contribution is -2.41. The van der Waals surface area contributed by atoms with Gasteiger partial charge in [-0.25, -0.2) is 4.98 Å². The summed E-state index contributed by atoms with van der Waals surface area (Å²) >= 11 is 1.61. The molecule has 1 atom stereocenters. The summed E-state index contributed by atoms with van der Waals surface area (Å²) in [5, 5.41) is 5.27. The molecule has 0 aliphatic carbocycles. The smallest absolute Gasteiger partial charge is 0.323 e. The zero-order valence-corrected chi connectivity index (χ0v) is 12.5. The molecule has 6 heteroatoms. The minimum Gasteiger partial charge on any atom is -0.468 e. The molecule has 0 spiro atoms. The van der Waals surface area contributed by atoms with Crippen LogP contribution in [0.25, 0.3) is 4.96 Å². The number of aromatic nitrogens is 2. The first-order valence-electron chi connectivity index (χ1n) is 6.26. The van der Waals surface area contributed by atoms with Crippen LogP contribution in [0.2, 0.25) is 0 Å². The van der Waals surface area contributed by atoms with Gasteiger partial charge >= 0.3 is 5.97 Å². The molecule has 1 N–H and O–H groups in total. The summed E-state index contributed by atoms with van der Waals surface area (Å²) in [6, 6.07) is -0.298. The quantitative estimate of drug-likeness (QED) is 0.852. The van der Waals surface area contributed by atoms with Crippen molar-refractivity contribution in [2.24, 2.45) is 5.92 Å². The van der Waals surface area contributed by atoms with E-state index in [9.17, 15) is 4.79 Å². The Morgan fingerprint density at radius 1 is 1.58 bits per heavy atom. The van der Waals surface area contributed by atoms with Crippen LogP contribution in [-0.4, -0.2) is 28.5 Å². The Labute approximate surface area is 116 Å². The standard InChI is InChI=1S/C13H19N3O2S/c1-8(2)11(12(17)18-4)14-7-10-9(3)15-13-16(10)5-6-19-13/h5-6,8,11,14H,7H2,1-4H3/t11-/m0/s1. The van der Waals surface area contributed by atoms with E-state index in [0.29, 0.717) is 6.54 Å². The van der Waals surface area contributed by atoms with Crippen molar-refractivity contribution in [3.63, 3.8) is 0 Å². The van der Waals surface area contributed by atoms with Gasteiger partial charge in [-0.1, -0.05) is 13.8 Å². The highest BCUT2D eigenvalue weighted by Crippen LogP contribution is 2.17. The van der Waals surface area contributed by atoms with Gasteiger partial charge in [0.15, 0.2) is 4.96 Å². The summed E-state index contributed by atoms with van der Waals surface area (Å²) in [7, 11) is 1.42. The maximum absolute atomic E-state index is 11.7. The monoisotopic (exact) mass is 281 g/mol. The maximum Gasteiger partial charge on any atom is 0.323 e. The van der Waals surface area contributed by atoms with Gasteiger partial charge < -0.3 is 4.74 Å². The molecule has 5 nitrogen and oxygen atoms in total. The third-order valence-electron chi connectivity index (χ3n) is 3.17. The number of methoxy groups -OCH3 is 1. The molecule has 0 amide bonds. The van der Waals surface area contributed by atoms with E-state index in [1.54, 1.807) is 11.3 Å². The van der Waals surface area contributed by atoms with Crippen molar-refractivity contribution in [3.8, 4) is 0 Å². The molecule has 0 saturated carbocycles. The fourth-order valence-corrected chi connectivity index (χ4v) is 2.86. The van der Waals surface area contributed by atoms with Gasteiger partial charge in [0.25, 0.3) is 0 Å². The Hall–Kier alpha value is -1.40. The summed E-state index contributed by atoms with van der Waals surface area (Å²) in [5.41, 5.74) is 2.08. The van der Waals surface area contributed by atoms with Crippen LogP contribution in [0.1, 0.15) is 25.2 Å². The topological polar surface area (TPSA) is 55.6 Å². The van der Waals surface area contributed by atoms with Crippen LogP contribution < -0.4 is 5.32 Å². The molecule has 0 radical (unpaired) electrons. The van der Waals surface area contributed by atoms with Crippen molar-refractivity contribution in [2.45, 2.75) is 33.4 Å². The molecular formula is C13H19N3O2S. The number of hydrogen-bond acceptors (Lipinski definition) is 5. The number of nitrogens with zero attached hydrogens (tertiary/aromatic N) is 2. The van der Waals surface area contributed by atoms with Crippen LogP contribution in [-0.2, 0) is 16.1 Å². The number of fused-ring (bicyclic) bond motifs is 1. The van der Waals surface area contributed by atoms with Gasteiger partial charge in [0, 0.05) is 18.1 Å². The minimum absolute atomic E-state index is 0.179. The average Bonchev–Trinajstić information content (AvgIpc) is 2.91. The molecule has 0 aromatic carbocycles. The Kier molecular flexibility index (Phi) is 4.21. The third kappa shape index (κ3) is 2.79. The Morgan fingerprint density at radius 2 is 2.32 bits per heavy atom. The van der Waals surface area contributed by atoms with Crippen molar-refractivity contribution < 1.29 is 9.53 Å². The number of aryl methyl sites for hydroxylation is 1. The summed E-state index contributed by atoms with van der Waals surface area (Å²) in [5.74, 6) is -0.0441. The number of imidazole rings is 1. The minimum atomic E-state index is -0.298. The number of hydrogen-bond donors (Lipinski definition) is 1. The number of carbonyl (C=O) groups is 1. The zero-order chi connectivity index (χ0) is 14.0. The molecule has 2 aromatic rings. The van der Waals surface area contributed by atoms with Crippen molar-refractivity contribution in [3.05, 3.63) is 23.0 Å². The van der Waals surface area contributed by atoms with Gasteiger partial charge in [0.1, 0.15) is 6.04 Å². The largest absolute Gasteiger partial charge is 0.468 e. The van der Waals surface area contributed by atoms with Crippen LogP contribution in [0.3, 0.4) is 0 Å². The van der Waals surface area contributed by atoms with E-state index in [0.717, 1.165) is 16.3 Å². The molecule has 2 rings (SSSR count). The van der Waals surface area contributed by atoms with Gasteiger partial charge in [0.2, 0.25) is 0 Å². The molecule has 104 valence electrons. The molecule has 0 bridgehead atoms. The first-order valence-corrected chi connectivity index (χ1v) is 7.14. The highest BCUT2D eigenvalue weighted by molar-refractivity contribution is 7.15. The first-order chi connectivity index (χ1) is 9.04. The van der Waals surface area contributed by atoms with E-state index < -0.39 is 0 Å². The van der Waals surface area contributed by atoms with Crippen LogP contribution in [0, 0.1) is 12.8 Å². The van der Waals surface area contributed by atoms with Crippen molar-refractivity contribution in [1.82, 2.24) is 14.7 Å². The van der Waals surface area contributed by atoms with Gasteiger partial charge in [-0.2, -0.15) is 0 Å². The zero-order valence-electron chi connectivity index (χ0n) is 11.6. The predicted octanol–water partition coefficient (Wildman–Crippen LogP) is 1.99. The molecule has 2 heterocycles. The average molecular weight is 281 g/mol. The van der Waals surface area contributed by atoms with E-state index in [1.807, 2.05) is 32.3 Å². The van der Waals surface area contributed by atoms with Crippen molar-refractivity contribution in [2.75, 3.05) is 7.11 Å². The molecular weight excluding hydrogens is 262 g/mol. The molecule has 0 aliphatic rings. The lowest BCUT2D eigenvalue weighted by atomic mass is 10.0. The van der Waals surface area contributed by atoms with Crippen LogP contribution in [0.5, 0.6) is 0 Å². The number of rotatable bonds is 5. The lowest BCUT2D eigenvalue weighted by molar-refractivity contribution is -0.144. The molecule has 0 saturated heterocycles. The Balaban J connectivity index is 2.14. The molecule has 0 aliphatic heterocycles. The second-order valence-corrected chi connectivity index (χ2v) is 5.70. The fraction of sp³-hybridized carbons (Fsp3) is 0.538. The van der Waals surface area contributed by atoms with Gasteiger partial charge in [-0.05, 0) is 12.8 Å². The summed E-state index contributed by atoms with van der Waals surface area (Å²) < 4.78 is 6.88. The van der Waals surface area contributed by atoms with E-state index in [1.165, 1.54) is 7.11 Å². The fourth-order valence-electron chi connectivity index (χ4n) is 2.08. The highest BCUT2D eigenvalue weighted by Gasteiger charge is 2.23. The highest BCUT2D eigenvalue weighted by atomic mass is 32.1. The van der Waals surface area contributed by atoms with Crippen LogP contribution >= 0.6 is 11.3 Å². The maximum atomic E-state index is 11.7. The third-order valence-corrected chi connectivity index (χ3v) is 3.93. The summed E-state index contributed by atoms with van der Waals surface area (Å²) in [6.45, 7) is 6.58. The molecule has 0 fully saturated rings. The van der Waals surface area contributed by atoms with Gasteiger partial charge in [0.05, 0.1) is 18.5 Å². The lowest BCUT2D eigenvalue weighted by Gasteiger charge is -2.19. The normalized spacial score (nSPS) is 13.1. The number of ether oxygens (including phenoxy) is 1. The van der Waals surface area contributed by atoms with Crippen molar-refractivity contribution in [1.29, 1.82) is 0 Å². The number of esters is 1. The number of thiazole rings is 1. The first kappa shape index (κ1) is 14.0. The van der Waals surface area contributed by atoms with Crippen molar-refractivity contribution >= 4 is 22.3 Å². The van der Waals surface area contributed by atoms with Gasteiger partial charge in [-0.3, -0.25) is 14.5 Å². The summed E-state index contributed by atoms with van der Waals surface area (Å²) in [4.78, 5) is 17.2. The SMILES string of the molecule is COC(=O)[C@@H](NCc1c(C)nc2sccn12)C(C)C. The second kappa shape index (κ2) is 5.71. The van der Waals surface area contributed by atoms with Crippen LogP contribution in [0.15, 0.2) is 11.6 Å². The van der Waals surface area contributed by atoms with E-state index in [2.05, 4.69) is 14.7 Å². The molecule has 0 unspecified atom stereocenters. The molecule has 19 heavy (non-hydrogen) atoms. The van der Waals surface area contributed by atoms with E-state index in [4.69, 9.17) is 4.74 Å². The van der Waals surface area contributed by atoms with Crippen LogP contribution in [0.4, 0.5) is 0 Å². The second-order valence-electron chi connectivity index (χ2n) is 4.83. The summed E-state index contributed by atoms with van der Waals surface area (Å²) in [6.07, 6.45) is 2.00. The predicted molar refractivity (Wildman–Crippen MR) is 75.3 cm³/mol. The number of nitrogens with one attached hydrogen (secondary N) is 1.